The third-order valence-electron chi connectivity index (χ3n) is 4.57. The summed E-state index contributed by atoms with van der Waals surface area (Å²) in [5.41, 5.74) is 3.02. The van der Waals surface area contributed by atoms with Gasteiger partial charge in [0.1, 0.15) is 11.3 Å². The number of ether oxygens (including phenoxy) is 1. The van der Waals surface area contributed by atoms with Crippen molar-refractivity contribution in [2.45, 2.75) is 25.9 Å². The molecular formula is C17H23N5O4S. The smallest absolute Gasteiger partial charge is 0.270 e. The van der Waals surface area contributed by atoms with Gasteiger partial charge in [-0.1, -0.05) is 0 Å². The number of aromatic amines is 1. The summed E-state index contributed by atoms with van der Waals surface area (Å²) in [4.78, 5) is 30.3. The fourth-order valence-electron chi connectivity index (χ4n) is 2.99. The first kappa shape index (κ1) is 19.5. The number of carbonyl (C=O) groups is 2. The van der Waals surface area contributed by atoms with Crippen LogP contribution < -0.4 is 5.32 Å². The van der Waals surface area contributed by atoms with Crippen LogP contribution in [0.3, 0.4) is 0 Å². The van der Waals surface area contributed by atoms with Gasteiger partial charge in [0, 0.05) is 23.2 Å². The van der Waals surface area contributed by atoms with Gasteiger partial charge in [-0.05, 0) is 13.8 Å². The van der Waals surface area contributed by atoms with Crippen LogP contribution in [0.2, 0.25) is 0 Å². The van der Waals surface area contributed by atoms with E-state index in [1.54, 1.807) is 15.8 Å². The lowest BCUT2D eigenvalue weighted by molar-refractivity contribution is -0.133. The molecule has 0 aliphatic carbocycles. The highest BCUT2D eigenvalue weighted by Crippen LogP contribution is 2.16. The van der Waals surface area contributed by atoms with Crippen molar-refractivity contribution in [3.05, 3.63) is 33.5 Å². The van der Waals surface area contributed by atoms with Crippen LogP contribution in [0, 0.1) is 13.8 Å². The summed E-state index contributed by atoms with van der Waals surface area (Å²) in [5, 5.41) is 22.2. The molecule has 0 unspecified atom stereocenters. The van der Waals surface area contributed by atoms with Crippen molar-refractivity contribution in [3.63, 3.8) is 0 Å². The number of amides is 2. The average molecular weight is 393 g/mol. The molecule has 1 aliphatic heterocycles. The number of aromatic nitrogens is 3. The number of hydrogen-bond donors (Lipinski definition) is 3. The van der Waals surface area contributed by atoms with Crippen LogP contribution in [-0.2, 0) is 16.0 Å². The summed E-state index contributed by atoms with van der Waals surface area (Å²) in [6, 6.07) is 0. The SMILES string of the molecule is Cc1n[nH]c(C)c1CC(=O)N1CCOC[C@@](O)(CNC(=O)c2cscn2)C1. The molecule has 2 amide bonds. The minimum atomic E-state index is -1.36. The summed E-state index contributed by atoms with van der Waals surface area (Å²) in [5.74, 6) is -0.478. The van der Waals surface area contributed by atoms with Crippen LogP contribution in [0.15, 0.2) is 10.9 Å². The Bertz CT molecular complexity index is 787. The molecule has 0 aromatic carbocycles. The third-order valence-corrected chi connectivity index (χ3v) is 5.15. The van der Waals surface area contributed by atoms with Gasteiger partial charge < -0.3 is 20.1 Å². The molecule has 3 rings (SSSR count). The van der Waals surface area contributed by atoms with E-state index in [0.717, 1.165) is 17.0 Å². The normalized spacial score (nSPS) is 20.3. The number of nitrogens with zero attached hydrogens (tertiary/aromatic N) is 3. The minimum absolute atomic E-state index is 0.0308. The molecule has 1 aliphatic rings. The molecule has 146 valence electrons. The van der Waals surface area contributed by atoms with Gasteiger partial charge in [-0.25, -0.2) is 4.98 Å². The molecule has 27 heavy (non-hydrogen) atoms. The van der Waals surface area contributed by atoms with E-state index in [2.05, 4.69) is 20.5 Å². The Morgan fingerprint density at radius 2 is 2.30 bits per heavy atom. The fourth-order valence-corrected chi connectivity index (χ4v) is 3.53. The highest BCUT2D eigenvalue weighted by Gasteiger charge is 2.35. The topological polar surface area (TPSA) is 120 Å². The number of carbonyl (C=O) groups excluding carboxylic acids is 2. The van der Waals surface area contributed by atoms with Crippen molar-refractivity contribution >= 4 is 23.2 Å². The molecule has 10 heteroatoms. The van der Waals surface area contributed by atoms with Crippen LogP contribution in [0.5, 0.6) is 0 Å². The van der Waals surface area contributed by atoms with E-state index >= 15 is 0 Å². The van der Waals surface area contributed by atoms with Gasteiger partial charge >= 0.3 is 0 Å². The first-order valence-electron chi connectivity index (χ1n) is 8.63. The summed E-state index contributed by atoms with van der Waals surface area (Å²) in [6.45, 7) is 4.53. The van der Waals surface area contributed by atoms with E-state index in [1.165, 1.54) is 11.3 Å². The van der Waals surface area contributed by atoms with Crippen LogP contribution in [0.4, 0.5) is 0 Å². The first-order chi connectivity index (χ1) is 12.9. The molecule has 2 aromatic heterocycles. The molecule has 0 bridgehead atoms. The summed E-state index contributed by atoms with van der Waals surface area (Å²) < 4.78 is 5.47. The third kappa shape index (κ3) is 4.71. The maximum absolute atomic E-state index is 12.8. The number of aliphatic hydroxyl groups is 1. The average Bonchev–Trinajstić information content (AvgIpc) is 3.23. The monoisotopic (exact) mass is 393 g/mol. The molecule has 0 saturated carbocycles. The van der Waals surface area contributed by atoms with E-state index in [1.807, 2.05) is 13.8 Å². The van der Waals surface area contributed by atoms with Crippen LogP contribution in [-0.4, -0.2) is 75.5 Å². The minimum Gasteiger partial charge on any atom is -0.384 e. The van der Waals surface area contributed by atoms with Crippen LogP contribution in [0.25, 0.3) is 0 Å². The van der Waals surface area contributed by atoms with E-state index < -0.39 is 5.60 Å². The van der Waals surface area contributed by atoms with Crippen molar-refractivity contribution in [2.24, 2.45) is 0 Å². The zero-order chi connectivity index (χ0) is 19.4. The van der Waals surface area contributed by atoms with E-state index in [0.29, 0.717) is 18.8 Å². The lowest BCUT2D eigenvalue weighted by Gasteiger charge is -2.31. The molecule has 3 N–H and O–H groups in total. The van der Waals surface area contributed by atoms with Gasteiger partial charge in [0.2, 0.25) is 5.91 Å². The lowest BCUT2D eigenvalue weighted by Crippen LogP contribution is -2.53. The first-order valence-corrected chi connectivity index (χ1v) is 9.57. The number of nitrogens with one attached hydrogen (secondary N) is 2. The van der Waals surface area contributed by atoms with Crippen molar-refractivity contribution in [3.8, 4) is 0 Å². The fraction of sp³-hybridized carbons (Fsp3) is 0.529. The van der Waals surface area contributed by atoms with Crippen LogP contribution in [0.1, 0.15) is 27.4 Å². The summed E-state index contributed by atoms with van der Waals surface area (Å²) >= 11 is 1.32. The van der Waals surface area contributed by atoms with Gasteiger partial charge in [0.05, 0.1) is 43.9 Å². The zero-order valence-corrected chi connectivity index (χ0v) is 16.1. The van der Waals surface area contributed by atoms with Crippen molar-refractivity contribution < 1.29 is 19.4 Å². The molecular weight excluding hydrogens is 370 g/mol. The predicted molar refractivity (Wildman–Crippen MR) is 98.6 cm³/mol. The quantitative estimate of drug-likeness (QED) is 0.660. The second kappa shape index (κ2) is 8.15. The number of rotatable bonds is 5. The van der Waals surface area contributed by atoms with E-state index in [-0.39, 0.29) is 37.9 Å². The predicted octanol–water partition coefficient (Wildman–Crippen LogP) is 0.0454. The molecule has 9 nitrogen and oxygen atoms in total. The Hall–Kier alpha value is -2.30. The van der Waals surface area contributed by atoms with Gasteiger partial charge in [-0.3, -0.25) is 14.7 Å². The van der Waals surface area contributed by atoms with Gasteiger partial charge in [-0.15, -0.1) is 11.3 Å². The van der Waals surface area contributed by atoms with Gasteiger partial charge in [0.25, 0.3) is 5.91 Å². The number of thiazole rings is 1. The maximum atomic E-state index is 12.8. The number of H-pyrrole nitrogens is 1. The Morgan fingerprint density at radius 1 is 1.48 bits per heavy atom. The molecule has 0 spiro atoms. The molecule has 2 aromatic rings. The molecule has 3 heterocycles. The second-order valence-electron chi connectivity index (χ2n) is 6.74. The Balaban J connectivity index is 1.63. The van der Waals surface area contributed by atoms with Crippen molar-refractivity contribution in [1.29, 1.82) is 0 Å². The Labute approximate surface area is 160 Å². The number of aryl methyl sites for hydroxylation is 2. The summed E-state index contributed by atoms with van der Waals surface area (Å²) in [6.07, 6.45) is 0.204. The highest BCUT2D eigenvalue weighted by atomic mass is 32.1. The maximum Gasteiger partial charge on any atom is 0.270 e. The number of β-amino-alcohol motifs (C(OH)–C–C–N with tert-alkyl or cyclic N) is 1. The molecule has 1 saturated heterocycles. The van der Waals surface area contributed by atoms with E-state index in [9.17, 15) is 14.7 Å². The zero-order valence-electron chi connectivity index (χ0n) is 15.3. The highest BCUT2D eigenvalue weighted by molar-refractivity contribution is 7.07. The largest absolute Gasteiger partial charge is 0.384 e. The van der Waals surface area contributed by atoms with Gasteiger partial charge in [-0.2, -0.15) is 5.10 Å². The van der Waals surface area contributed by atoms with Crippen molar-refractivity contribution in [2.75, 3.05) is 32.8 Å². The molecule has 0 radical (unpaired) electrons. The van der Waals surface area contributed by atoms with E-state index in [4.69, 9.17) is 4.74 Å². The van der Waals surface area contributed by atoms with Crippen molar-refractivity contribution in [1.82, 2.24) is 25.4 Å². The Kier molecular flexibility index (Phi) is 5.88. The number of hydrogen-bond acceptors (Lipinski definition) is 7. The Morgan fingerprint density at radius 3 is 2.96 bits per heavy atom. The summed E-state index contributed by atoms with van der Waals surface area (Å²) in [7, 11) is 0. The lowest BCUT2D eigenvalue weighted by atomic mass is 10.0. The standard InChI is InChI=1S/C17H23N5O4S/c1-11-13(12(2)21-20-11)5-15(23)22-3-4-26-9-17(25,8-22)7-18-16(24)14-6-27-10-19-14/h6,10,25H,3-5,7-9H2,1-2H3,(H,18,24)(H,20,21)/t17-/m1/s1. The molecule has 1 atom stereocenters. The van der Waals surface area contributed by atoms with Gasteiger partial charge in [0.15, 0.2) is 0 Å². The molecule has 1 fully saturated rings. The van der Waals surface area contributed by atoms with Crippen LogP contribution >= 0.6 is 11.3 Å². The second-order valence-corrected chi connectivity index (χ2v) is 7.46.